The normalized spacial score (nSPS) is 11.1. The average Bonchev–Trinajstić information content (AvgIpc) is 2.61. The number of benzene rings is 3. The van der Waals surface area contributed by atoms with Crippen molar-refractivity contribution in [2.45, 2.75) is 18.7 Å². The van der Waals surface area contributed by atoms with Crippen molar-refractivity contribution < 1.29 is 13.2 Å². The van der Waals surface area contributed by atoms with Crippen molar-refractivity contribution >= 4 is 38.9 Å². The van der Waals surface area contributed by atoms with E-state index in [1.165, 1.54) is 18.2 Å². The molecule has 5 nitrogen and oxygen atoms in total. The Kier molecular flexibility index (Phi) is 5.72. The first-order chi connectivity index (χ1) is 13.2. The molecule has 0 atom stereocenters. The molecular weight excluding hydrogens is 396 g/mol. The molecule has 0 aliphatic carbocycles. The molecule has 0 aliphatic rings. The number of aryl methyl sites for hydroxylation is 2. The van der Waals surface area contributed by atoms with Gasteiger partial charge in [0.25, 0.3) is 15.9 Å². The lowest BCUT2D eigenvalue weighted by molar-refractivity contribution is 0.102. The van der Waals surface area contributed by atoms with Crippen LogP contribution in [0.15, 0.2) is 71.6 Å². The molecule has 2 N–H and O–H groups in total. The Morgan fingerprint density at radius 2 is 1.61 bits per heavy atom. The Hall–Kier alpha value is -2.83. The Morgan fingerprint density at radius 1 is 0.893 bits per heavy atom. The van der Waals surface area contributed by atoms with Crippen molar-refractivity contribution in [1.82, 2.24) is 0 Å². The van der Waals surface area contributed by atoms with Gasteiger partial charge in [-0.25, -0.2) is 8.42 Å². The maximum atomic E-state index is 12.5. The van der Waals surface area contributed by atoms with Crippen molar-refractivity contribution in [3.8, 4) is 0 Å². The van der Waals surface area contributed by atoms with E-state index in [1.807, 2.05) is 26.0 Å². The SMILES string of the molecule is Cc1ccc(C(=O)Nc2ccc(S(=O)(=O)Nc3cccc(Cl)c3)cc2)c(C)c1. The van der Waals surface area contributed by atoms with E-state index >= 15 is 0 Å². The van der Waals surface area contributed by atoms with Gasteiger partial charge in [-0.05, 0) is 67.9 Å². The van der Waals surface area contributed by atoms with Gasteiger partial charge < -0.3 is 5.32 Å². The molecule has 0 unspecified atom stereocenters. The Balaban J connectivity index is 1.74. The summed E-state index contributed by atoms with van der Waals surface area (Å²) in [5, 5.41) is 3.22. The second kappa shape index (κ2) is 8.04. The zero-order chi connectivity index (χ0) is 20.3. The lowest BCUT2D eigenvalue weighted by Crippen LogP contribution is -2.15. The summed E-state index contributed by atoms with van der Waals surface area (Å²) >= 11 is 5.88. The fraction of sp³-hybridized carbons (Fsp3) is 0.0952. The minimum Gasteiger partial charge on any atom is -0.322 e. The molecule has 0 spiro atoms. The topological polar surface area (TPSA) is 75.3 Å². The van der Waals surface area contributed by atoms with E-state index in [2.05, 4.69) is 10.0 Å². The smallest absolute Gasteiger partial charge is 0.261 e. The third-order valence-electron chi connectivity index (χ3n) is 4.13. The molecule has 0 heterocycles. The van der Waals surface area contributed by atoms with E-state index in [4.69, 9.17) is 11.6 Å². The van der Waals surface area contributed by atoms with Crippen LogP contribution in [-0.2, 0) is 10.0 Å². The van der Waals surface area contributed by atoms with Gasteiger partial charge in [-0.15, -0.1) is 0 Å². The van der Waals surface area contributed by atoms with Crippen molar-refractivity contribution in [2.24, 2.45) is 0 Å². The second-order valence-corrected chi connectivity index (χ2v) is 8.53. The highest BCUT2D eigenvalue weighted by atomic mass is 35.5. The Labute approximate surface area is 169 Å². The molecule has 3 aromatic carbocycles. The number of rotatable bonds is 5. The van der Waals surface area contributed by atoms with Crippen LogP contribution in [0.5, 0.6) is 0 Å². The van der Waals surface area contributed by atoms with Crippen molar-refractivity contribution in [1.29, 1.82) is 0 Å². The van der Waals surface area contributed by atoms with Gasteiger partial charge in [0.15, 0.2) is 0 Å². The highest BCUT2D eigenvalue weighted by Gasteiger charge is 2.15. The van der Waals surface area contributed by atoms with E-state index in [9.17, 15) is 13.2 Å². The van der Waals surface area contributed by atoms with E-state index in [0.29, 0.717) is 22.0 Å². The molecule has 3 aromatic rings. The van der Waals surface area contributed by atoms with Gasteiger partial charge in [0.2, 0.25) is 0 Å². The molecule has 0 fully saturated rings. The van der Waals surface area contributed by atoms with Gasteiger partial charge in [-0.1, -0.05) is 35.4 Å². The fourth-order valence-corrected chi connectivity index (χ4v) is 3.99. The number of sulfonamides is 1. The van der Waals surface area contributed by atoms with Crippen molar-refractivity contribution in [3.05, 3.63) is 88.4 Å². The van der Waals surface area contributed by atoms with Crippen molar-refractivity contribution in [3.63, 3.8) is 0 Å². The van der Waals surface area contributed by atoms with Crippen LogP contribution in [0.4, 0.5) is 11.4 Å². The van der Waals surface area contributed by atoms with Gasteiger partial charge in [-0.3, -0.25) is 9.52 Å². The molecule has 0 radical (unpaired) electrons. The minimum absolute atomic E-state index is 0.0805. The van der Waals surface area contributed by atoms with Gasteiger partial charge in [-0.2, -0.15) is 0 Å². The standard InChI is InChI=1S/C21H19ClN2O3S/c1-14-6-11-20(15(2)12-14)21(25)23-17-7-9-19(10-8-17)28(26,27)24-18-5-3-4-16(22)13-18/h3-13,24H,1-2H3,(H,23,25). The lowest BCUT2D eigenvalue weighted by Gasteiger charge is -2.11. The number of amides is 1. The Morgan fingerprint density at radius 3 is 2.25 bits per heavy atom. The maximum Gasteiger partial charge on any atom is 0.261 e. The van der Waals surface area contributed by atoms with Crippen LogP contribution in [0.2, 0.25) is 5.02 Å². The Bertz CT molecular complexity index is 1130. The van der Waals surface area contributed by atoms with E-state index in [0.717, 1.165) is 11.1 Å². The number of nitrogens with one attached hydrogen (secondary N) is 2. The maximum absolute atomic E-state index is 12.5. The monoisotopic (exact) mass is 414 g/mol. The predicted octanol–water partition coefficient (Wildman–Crippen LogP) is 5.01. The van der Waals surface area contributed by atoms with Crippen LogP contribution in [-0.4, -0.2) is 14.3 Å². The first kappa shape index (κ1) is 19.9. The molecule has 0 saturated carbocycles. The molecule has 28 heavy (non-hydrogen) atoms. The third-order valence-corrected chi connectivity index (χ3v) is 5.76. The molecule has 0 aromatic heterocycles. The fourth-order valence-electron chi connectivity index (χ4n) is 2.75. The van der Waals surface area contributed by atoms with E-state index < -0.39 is 10.0 Å². The number of carbonyl (C=O) groups is 1. The van der Waals surface area contributed by atoms with Crippen LogP contribution in [0.3, 0.4) is 0 Å². The quantitative estimate of drug-likeness (QED) is 0.616. The number of halogens is 1. The highest BCUT2D eigenvalue weighted by molar-refractivity contribution is 7.92. The summed E-state index contributed by atoms with van der Waals surface area (Å²) < 4.78 is 27.5. The van der Waals surface area contributed by atoms with Gasteiger partial charge in [0.05, 0.1) is 10.6 Å². The van der Waals surface area contributed by atoms with Crippen LogP contribution >= 0.6 is 11.6 Å². The highest BCUT2D eigenvalue weighted by Crippen LogP contribution is 2.21. The van der Waals surface area contributed by atoms with Gasteiger partial charge in [0, 0.05) is 16.3 Å². The molecule has 1 amide bonds. The number of hydrogen-bond donors (Lipinski definition) is 2. The molecular formula is C21H19ClN2O3S. The summed E-state index contributed by atoms with van der Waals surface area (Å²) in [6.45, 7) is 3.84. The lowest BCUT2D eigenvalue weighted by atomic mass is 10.1. The molecule has 3 rings (SSSR count). The average molecular weight is 415 g/mol. The largest absolute Gasteiger partial charge is 0.322 e. The van der Waals surface area contributed by atoms with E-state index in [-0.39, 0.29) is 10.8 Å². The first-order valence-electron chi connectivity index (χ1n) is 8.52. The number of hydrogen-bond acceptors (Lipinski definition) is 3. The number of anilines is 2. The van der Waals surface area contributed by atoms with Gasteiger partial charge >= 0.3 is 0 Å². The third kappa shape index (κ3) is 4.71. The molecule has 7 heteroatoms. The first-order valence-corrected chi connectivity index (χ1v) is 10.4. The summed E-state index contributed by atoms with van der Waals surface area (Å²) in [6, 6.07) is 18.0. The summed E-state index contributed by atoms with van der Waals surface area (Å²) in [5.41, 5.74) is 3.41. The minimum atomic E-state index is -3.76. The zero-order valence-corrected chi connectivity index (χ0v) is 16.9. The summed E-state index contributed by atoms with van der Waals surface area (Å²) in [7, 11) is -3.76. The van der Waals surface area contributed by atoms with Crippen molar-refractivity contribution in [2.75, 3.05) is 10.0 Å². The second-order valence-electron chi connectivity index (χ2n) is 6.41. The molecule has 0 bridgehead atoms. The van der Waals surface area contributed by atoms with E-state index in [1.54, 1.807) is 36.4 Å². The van der Waals surface area contributed by atoms with Crippen LogP contribution in [0, 0.1) is 13.8 Å². The zero-order valence-electron chi connectivity index (χ0n) is 15.4. The summed E-state index contributed by atoms with van der Waals surface area (Å²) in [5.74, 6) is -0.245. The van der Waals surface area contributed by atoms with Crippen LogP contribution < -0.4 is 10.0 Å². The predicted molar refractivity (Wildman–Crippen MR) is 113 cm³/mol. The summed E-state index contributed by atoms with van der Waals surface area (Å²) in [6.07, 6.45) is 0. The molecule has 144 valence electrons. The molecule has 0 saturated heterocycles. The summed E-state index contributed by atoms with van der Waals surface area (Å²) in [4.78, 5) is 12.5. The van der Waals surface area contributed by atoms with Crippen LogP contribution in [0.1, 0.15) is 21.5 Å². The molecule has 0 aliphatic heterocycles. The van der Waals surface area contributed by atoms with Crippen LogP contribution in [0.25, 0.3) is 0 Å². The number of carbonyl (C=O) groups excluding carboxylic acids is 1. The van der Waals surface area contributed by atoms with Gasteiger partial charge in [0.1, 0.15) is 0 Å².